The van der Waals surface area contributed by atoms with Crippen molar-refractivity contribution in [1.82, 2.24) is 9.97 Å². The van der Waals surface area contributed by atoms with Crippen molar-refractivity contribution in [2.45, 2.75) is 0 Å². The van der Waals surface area contributed by atoms with Crippen LogP contribution in [0.5, 0.6) is 0 Å². The molecule has 2 aromatic rings. The van der Waals surface area contributed by atoms with Crippen LogP contribution in [0.3, 0.4) is 0 Å². The molecule has 0 spiro atoms. The number of nitrogens with zero attached hydrogens (tertiary/aromatic N) is 2. The third-order valence-electron chi connectivity index (χ3n) is 1.53. The van der Waals surface area contributed by atoms with Crippen molar-refractivity contribution >= 4 is 29.1 Å². The standard InChI is InChI=1S/C8H7N3.ClH/c9-6-3-5-10-7-2-1-4-11-8(6)7;/h1-5H,(H2,9,10);1H. The van der Waals surface area contributed by atoms with Crippen LogP contribution < -0.4 is 5.73 Å². The van der Waals surface area contributed by atoms with Gasteiger partial charge >= 0.3 is 0 Å². The molecule has 0 aliphatic rings. The average molecular weight is 182 g/mol. The highest BCUT2D eigenvalue weighted by Crippen LogP contribution is 2.13. The molecule has 2 N–H and O–H groups in total. The molecule has 0 radical (unpaired) electrons. The number of hydrogen-bond acceptors (Lipinski definition) is 3. The van der Waals surface area contributed by atoms with Gasteiger partial charge in [-0.05, 0) is 18.2 Å². The summed E-state index contributed by atoms with van der Waals surface area (Å²) in [4.78, 5) is 8.19. The summed E-state index contributed by atoms with van der Waals surface area (Å²) < 4.78 is 0. The molecule has 0 aliphatic heterocycles. The second kappa shape index (κ2) is 3.36. The van der Waals surface area contributed by atoms with E-state index < -0.39 is 0 Å². The lowest BCUT2D eigenvalue weighted by Crippen LogP contribution is -1.89. The monoisotopic (exact) mass is 181 g/mol. The Morgan fingerprint density at radius 3 is 2.67 bits per heavy atom. The van der Waals surface area contributed by atoms with Crippen LogP contribution in [0.1, 0.15) is 0 Å². The third kappa shape index (κ3) is 1.31. The molecule has 0 amide bonds. The summed E-state index contributed by atoms with van der Waals surface area (Å²) in [5, 5.41) is 0. The van der Waals surface area contributed by atoms with Gasteiger partial charge in [-0.1, -0.05) is 0 Å². The van der Waals surface area contributed by atoms with Crippen LogP contribution in [0, 0.1) is 0 Å². The van der Waals surface area contributed by atoms with E-state index in [1.807, 2.05) is 12.1 Å². The second-order valence-electron chi connectivity index (χ2n) is 2.27. The predicted molar refractivity (Wildman–Crippen MR) is 51.2 cm³/mol. The Bertz CT molecular complexity index is 383. The van der Waals surface area contributed by atoms with Gasteiger partial charge in [0.05, 0.1) is 11.2 Å². The molecule has 0 fully saturated rings. The third-order valence-corrected chi connectivity index (χ3v) is 1.53. The van der Waals surface area contributed by atoms with E-state index in [9.17, 15) is 0 Å². The van der Waals surface area contributed by atoms with Crippen molar-refractivity contribution in [3.8, 4) is 0 Å². The highest BCUT2D eigenvalue weighted by atomic mass is 35.5. The fourth-order valence-electron chi connectivity index (χ4n) is 1.00. The molecule has 12 heavy (non-hydrogen) atoms. The van der Waals surface area contributed by atoms with Gasteiger partial charge in [-0.3, -0.25) is 9.97 Å². The van der Waals surface area contributed by atoms with Gasteiger partial charge in [0.15, 0.2) is 0 Å². The molecule has 0 atom stereocenters. The first-order chi connectivity index (χ1) is 5.38. The van der Waals surface area contributed by atoms with Crippen molar-refractivity contribution < 1.29 is 0 Å². The predicted octanol–water partition coefficient (Wildman–Crippen LogP) is 1.63. The van der Waals surface area contributed by atoms with Gasteiger partial charge in [-0.15, -0.1) is 12.4 Å². The quantitative estimate of drug-likeness (QED) is 0.672. The topological polar surface area (TPSA) is 51.8 Å². The van der Waals surface area contributed by atoms with Crippen molar-refractivity contribution in [2.24, 2.45) is 0 Å². The van der Waals surface area contributed by atoms with Crippen LogP contribution in [-0.2, 0) is 0 Å². The minimum atomic E-state index is 0. The molecule has 0 aliphatic carbocycles. The van der Waals surface area contributed by atoms with Crippen LogP contribution in [0.15, 0.2) is 30.6 Å². The summed E-state index contributed by atoms with van der Waals surface area (Å²) >= 11 is 0. The number of nitrogen functional groups attached to an aromatic ring is 1. The largest absolute Gasteiger partial charge is 0.397 e. The van der Waals surface area contributed by atoms with Gasteiger partial charge in [-0.2, -0.15) is 0 Å². The van der Waals surface area contributed by atoms with Crippen LogP contribution >= 0.6 is 12.4 Å². The number of aromatic nitrogens is 2. The van der Waals surface area contributed by atoms with E-state index in [-0.39, 0.29) is 12.4 Å². The molecule has 0 unspecified atom stereocenters. The first kappa shape index (κ1) is 8.74. The van der Waals surface area contributed by atoms with Crippen LogP contribution in [0.25, 0.3) is 11.0 Å². The molecule has 0 saturated carbocycles. The molecule has 4 heteroatoms. The summed E-state index contributed by atoms with van der Waals surface area (Å²) in [5.74, 6) is 0. The summed E-state index contributed by atoms with van der Waals surface area (Å²) in [6.45, 7) is 0. The molecule has 0 aromatic carbocycles. The maximum atomic E-state index is 5.65. The van der Waals surface area contributed by atoms with Crippen LogP contribution in [0.2, 0.25) is 0 Å². The summed E-state index contributed by atoms with van der Waals surface area (Å²) in [6.07, 6.45) is 3.39. The molecular weight excluding hydrogens is 174 g/mol. The minimum absolute atomic E-state index is 0. The Labute approximate surface area is 76.0 Å². The van der Waals surface area contributed by atoms with Gasteiger partial charge in [0.1, 0.15) is 5.52 Å². The zero-order valence-electron chi connectivity index (χ0n) is 6.27. The molecular formula is C8H8ClN3. The van der Waals surface area contributed by atoms with E-state index in [0.717, 1.165) is 11.0 Å². The molecule has 2 rings (SSSR count). The normalized spacial score (nSPS) is 9.33. The Morgan fingerprint density at radius 1 is 1.08 bits per heavy atom. The lowest BCUT2D eigenvalue weighted by atomic mass is 10.3. The maximum Gasteiger partial charge on any atom is 0.112 e. The number of rotatable bonds is 0. The van der Waals surface area contributed by atoms with Gasteiger partial charge in [0, 0.05) is 12.4 Å². The molecule has 0 bridgehead atoms. The van der Waals surface area contributed by atoms with E-state index in [1.165, 1.54) is 0 Å². The van der Waals surface area contributed by atoms with Crippen molar-refractivity contribution in [2.75, 3.05) is 5.73 Å². The molecule has 2 aromatic heterocycles. The van der Waals surface area contributed by atoms with E-state index in [0.29, 0.717) is 5.69 Å². The summed E-state index contributed by atoms with van der Waals surface area (Å²) in [5.41, 5.74) is 7.94. The zero-order valence-corrected chi connectivity index (χ0v) is 7.08. The Morgan fingerprint density at radius 2 is 1.92 bits per heavy atom. The van der Waals surface area contributed by atoms with E-state index >= 15 is 0 Å². The Balaban J connectivity index is 0.000000720. The molecule has 0 saturated heterocycles. The first-order valence-electron chi connectivity index (χ1n) is 3.33. The smallest absolute Gasteiger partial charge is 0.112 e. The number of halogens is 1. The van der Waals surface area contributed by atoms with E-state index in [2.05, 4.69) is 9.97 Å². The van der Waals surface area contributed by atoms with Crippen molar-refractivity contribution in [3.63, 3.8) is 0 Å². The van der Waals surface area contributed by atoms with Crippen molar-refractivity contribution in [3.05, 3.63) is 30.6 Å². The van der Waals surface area contributed by atoms with Crippen LogP contribution in [0.4, 0.5) is 5.69 Å². The molecule has 3 nitrogen and oxygen atoms in total. The molecule has 2 heterocycles. The fourth-order valence-corrected chi connectivity index (χ4v) is 1.00. The lowest BCUT2D eigenvalue weighted by Gasteiger charge is -1.96. The number of fused-ring (bicyclic) bond motifs is 1. The number of hydrogen-bond donors (Lipinski definition) is 1. The number of anilines is 1. The maximum absolute atomic E-state index is 5.65. The SMILES string of the molecule is Cl.Nc1ccnc2cccnc12. The zero-order chi connectivity index (χ0) is 7.68. The second-order valence-corrected chi connectivity index (χ2v) is 2.27. The summed E-state index contributed by atoms with van der Waals surface area (Å²) in [6, 6.07) is 5.48. The summed E-state index contributed by atoms with van der Waals surface area (Å²) in [7, 11) is 0. The van der Waals surface area contributed by atoms with Gasteiger partial charge in [0.25, 0.3) is 0 Å². The Hall–Kier alpha value is -1.35. The first-order valence-corrected chi connectivity index (χ1v) is 3.33. The van der Waals surface area contributed by atoms with Gasteiger partial charge in [0.2, 0.25) is 0 Å². The highest BCUT2D eigenvalue weighted by Gasteiger charge is 1.95. The van der Waals surface area contributed by atoms with Gasteiger partial charge in [-0.25, -0.2) is 0 Å². The molecule has 62 valence electrons. The minimum Gasteiger partial charge on any atom is -0.397 e. The fraction of sp³-hybridized carbons (Fsp3) is 0. The average Bonchev–Trinajstić information content (AvgIpc) is 2.06. The Kier molecular flexibility index (Phi) is 2.45. The van der Waals surface area contributed by atoms with E-state index in [4.69, 9.17) is 5.73 Å². The van der Waals surface area contributed by atoms with Gasteiger partial charge < -0.3 is 5.73 Å². The van der Waals surface area contributed by atoms with Crippen molar-refractivity contribution in [1.29, 1.82) is 0 Å². The van der Waals surface area contributed by atoms with E-state index in [1.54, 1.807) is 18.5 Å². The highest BCUT2D eigenvalue weighted by molar-refractivity contribution is 5.85. The number of nitrogens with two attached hydrogens (primary N) is 1. The lowest BCUT2D eigenvalue weighted by molar-refractivity contribution is 1.34. The number of pyridine rings is 2. The van der Waals surface area contributed by atoms with Crippen LogP contribution in [-0.4, -0.2) is 9.97 Å².